The van der Waals surface area contributed by atoms with Gasteiger partial charge in [-0.3, -0.25) is 4.90 Å². The molecule has 0 fully saturated rings. The van der Waals surface area contributed by atoms with Crippen LogP contribution in [-0.2, 0) is 19.6 Å². The van der Waals surface area contributed by atoms with Gasteiger partial charge in [0.05, 0.1) is 7.11 Å². The molecule has 0 aliphatic heterocycles. The van der Waals surface area contributed by atoms with Crippen molar-refractivity contribution in [2.24, 2.45) is 5.73 Å². The van der Waals surface area contributed by atoms with Crippen molar-refractivity contribution in [1.82, 2.24) is 4.90 Å². The maximum atomic E-state index is 5.90. The minimum absolute atomic E-state index is 0.490. The lowest BCUT2D eigenvalue weighted by molar-refractivity contribution is 0.318. The number of methoxy groups -OCH3 is 1. The average Bonchev–Trinajstić information content (AvgIpc) is 2.49. The van der Waals surface area contributed by atoms with Crippen LogP contribution in [0.1, 0.15) is 16.7 Å². The minimum Gasteiger partial charge on any atom is -0.496 e. The number of nitrogens with zero attached hydrogens (tertiary/aromatic N) is 1. The first-order valence-corrected chi connectivity index (χ1v) is 7.29. The molecular formula is C17H21ClN2O. The molecule has 0 aliphatic carbocycles. The first-order valence-electron chi connectivity index (χ1n) is 6.91. The molecule has 0 heterocycles. The van der Waals surface area contributed by atoms with Gasteiger partial charge in [-0.15, -0.1) is 0 Å². The van der Waals surface area contributed by atoms with E-state index in [4.69, 9.17) is 22.1 Å². The first kappa shape index (κ1) is 15.8. The van der Waals surface area contributed by atoms with E-state index in [1.807, 2.05) is 18.2 Å². The molecule has 2 aromatic rings. The Bertz CT molecular complexity index is 584. The largest absolute Gasteiger partial charge is 0.496 e. The highest BCUT2D eigenvalue weighted by Gasteiger charge is 2.06. The van der Waals surface area contributed by atoms with E-state index in [2.05, 4.69) is 36.2 Å². The maximum Gasteiger partial charge on any atom is 0.123 e. The SMILES string of the molecule is COc1cc(CN(C)Cc2ccc(Cl)cc2)ccc1CN. The van der Waals surface area contributed by atoms with Crippen LogP contribution in [0.4, 0.5) is 0 Å². The number of ether oxygens (including phenoxy) is 1. The van der Waals surface area contributed by atoms with E-state index in [1.54, 1.807) is 7.11 Å². The van der Waals surface area contributed by atoms with Crippen LogP contribution in [0.25, 0.3) is 0 Å². The molecule has 0 saturated carbocycles. The predicted molar refractivity (Wildman–Crippen MR) is 87.5 cm³/mol. The number of benzene rings is 2. The van der Waals surface area contributed by atoms with E-state index in [-0.39, 0.29) is 0 Å². The summed E-state index contributed by atoms with van der Waals surface area (Å²) in [7, 11) is 3.77. The van der Waals surface area contributed by atoms with Gasteiger partial charge < -0.3 is 10.5 Å². The Morgan fingerprint density at radius 2 is 1.67 bits per heavy atom. The zero-order chi connectivity index (χ0) is 15.2. The summed E-state index contributed by atoms with van der Waals surface area (Å²) < 4.78 is 5.38. The fraction of sp³-hybridized carbons (Fsp3) is 0.294. The van der Waals surface area contributed by atoms with Crippen LogP contribution in [-0.4, -0.2) is 19.1 Å². The lowest BCUT2D eigenvalue weighted by atomic mass is 10.1. The van der Waals surface area contributed by atoms with Gasteiger partial charge in [-0.1, -0.05) is 35.9 Å². The second-order valence-corrected chi connectivity index (χ2v) is 5.59. The van der Waals surface area contributed by atoms with Crippen LogP contribution < -0.4 is 10.5 Å². The first-order chi connectivity index (χ1) is 10.1. The molecule has 0 bridgehead atoms. The molecular weight excluding hydrogens is 284 g/mol. The smallest absolute Gasteiger partial charge is 0.123 e. The Morgan fingerprint density at radius 3 is 2.29 bits per heavy atom. The monoisotopic (exact) mass is 304 g/mol. The van der Waals surface area contributed by atoms with Crippen molar-refractivity contribution >= 4 is 11.6 Å². The minimum atomic E-state index is 0.490. The highest BCUT2D eigenvalue weighted by atomic mass is 35.5. The van der Waals surface area contributed by atoms with Gasteiger partial charge in [-0.25, -0.2) is 0 Å². The van der Waals surface area contributed by atoms with Crippen LogP contribution >= 0.6 is 11.6 Å². The average molecular weight is 305 g/mol. The highest BCUT2D eigenvalue weighted by molar-refractivity contribution is 6.30. The molecule has 112 valence electrons. The van der Waals surface area contributed by atoms with Crippen LogP contribution in [0.3, 0.4) is 0 Å². The van der Waals surface area contributed by atoms with Crippen molar-refractivity contribution in [2.45, 2.75) is 19.6 Å². The summed E-state index contributed by atoms with van der Waals surface area (Å²) in [5, 5.41) is 0.767. The van der Waals surface area contributed by atoms with Gasteiger partial charge in [-0.2, -0.15) is 0 Å². The molecule has 0 saturated heterocycles. The van der Waals surface area contributed by atoms with Crippen LogP contribution in [0.5, 0.6) is 5.75 Å². The van der Waals surface area contributed by atoms with E-state index >= 15 is 0 Å². The van der Waals surface area contributed by atoms with Crippen molar-refractivity contribution in [3.63, 3.8) is 0 Å². The quantitative estimate of drug-likeness (QED) is 0.888. The lowest BCUT2D eigenvalue weighted by Crippen LogP contribution is -2.17. The van der Waals surface area contributed by atoms with Crippen molar-refractivity contribution < 1.29 is 4.74 Å². The lowest BCUT2D eigenvalue weighted by Gasteiger charge is -2.18. The van der Waals surface area contributed by atoms with Gasteiger partial charge >= 0.3 is 0 Å². The van der Waals surface area contributed by atoms with Crippen LogP contribution in [0.2, 0.25) is 5.02 Å². The Hall–Kier alpha value is -1.55. The van der Waals surface area contributed by atoms with Gasteiger partial charge in [0.2, 0.25) is 0 Å². The van der Waals surface area contributed by atoms with Gasteiger partial charge in [0, 0.05) is 30.2 Å². The molecule has 2 N–H and O–H groups in total. The van der Waals surface area contributed by atoms with Gasteiger partial charge in [0.25, 0.3) is 0 Å². The molecule has 0 unspecified atom stereocenters. The maximum absolute atomic E-state index is 5.90. The summed E-state index contributed by atoms with van der Waals surface area (Å²) in [6.07, 6.45) is 0. The summed E-state index contributed by atoms with van der Waals surface area (Å²) >= 11 is 5.90. The number of hydrogen-bond donors (Lipinski definition) is 1. The third-order valence-corrected chi connectivity index (χ3v) is 3.64. The summed E-state index contributed by atoms with van der Waals surface area (Å²) in [6.45, 7) is 2.21. The van der Waals surface area contributed by atoms with Crippen molar-refractivity contribution in [1.29, 1.82) is 0 Å². The van der Waals surface area contributed by atoms with E-state index in [9.17, 15) is 0 Å². The fourth-order valence-electron chi connectivity index (χ4n) is 2.33. The second-order valence-electron chi connectivity index (χ2n) is 5.15. The van der Waals surface area contributed by atoms with Crippen molar-refractivity contribution in [3.8, 4) is 5.75 Å². The number of nitrogens with two attached hydrogens (primary N) is 1. The molecule has 0 atom stereocenters. The zero-order valence-electron chi connectivity index (χ0n) is 12.5. The standard InChI is InChI=1S/C17H21ClN2O/c1-20(11-13-4-7-16(18)8-5-13)12-14-3-6-15(10-19)17(9-14)21-2/h3-9H,10-12,19H2,1-2H3. The Kier molecular flexibility index (Phi) is 5.62. The van der Waals surface area contributed by atoms with E-state index in [1.165, 1.54) is 11.1 Å². The van der Waals surface area contributed by atoms with Crippen molar-refractivity contribution in [2.75, 3.05) is 14.2 Å². The Morgan fingerprint density at radius 1 is 1.05 bits per heavy atom. The molecule has 4 heteroatoms. The van der Waals surface area contributed by atoms with Gasteiger partial charge in [0.15, 0.2) is 0 Å². The highest BCUT2D eigenvalue weighted by Crippen LogP contribution is 2.21. The molecule has 0 amide bonds. The molecule has 0 aromatic heterocycles. The topological polar surface area (TPSA) is 38.5 Å². The van der Waals surface area contributed by atoms with Gasteiger partial charge in [0.1, 0.15) is 5.75 Å². The zero-order valence-corrected chi connectivity index (χ0v) is 13.2. The third kappa shape index (κ3) is 4.46. The summed E-state index contributed by atoms with van der Waals surface area (Å²) in [5.41, 5.74) is 9.17. The van der Waals surface area contributed by atoms with Crippen molar-refractivity contribution in [3.05, 3.63) is 64.2 Å². The molecule has 3 nitrogen and oxygen atoms in total. The Labute approximate surface area is 131 Å². The van der Waals surface area contributed by atoms with Gasteiger partial charge in [-0.05, 0) is 36.4 Å². The molecule has 2 aromatic carbocycles. The van der Waals surface area contributed by atoms with E-state index in [0.717, 1.165) is 29.4 Å². The third-order valence-electron chi connectivity index (χ3n) is 3.39. The number of halogens is 1. The summed E-state index contributed by atoms with van der Waals surface area (Å²) in [5.74, 6) is 0.856. The predicted octanol–water partition coefficient (Wildman–Crippen LogP) is 3.44. The molecule has 21 heavy (non-hydrogen) atoms. The number of rotatable bonds is 6. The Balaban J connectivity index is 2.02. The van der Waals surface area contributed by atoms with E-state index in [0.29, 0.717) is 6.54 Å². The van der Waals surface area contributed by atoms with E-state index < -0.39 is 0 Å². The van der Waals surface area contributed by atoms with Crippen LogP contribution in [0, 0.1) is 0 Å². The molecule has 2 rings (SSSR count). The molecule has 0 spiro atoms. The normalized spacial score (nSPS) is 10.9. The number of hydrogen-bond acceptors (Lipinski definition) is 3. The molecule has 0 aliphatic rings. The second kappa shape index (κ2) is 7.46. The fourth-order valence-corrected chi connectivity index (χ4v) is 2.45. The van der Waals surface area contributed by atoms with Crippen LogP contribution in [0.15, 0.2) is 42.5 Å². The molecule has 0 radical (unpaired) electrons. The summed E-state index contributed by atoms with van der Waals surface area (Å²) in [4.78, 5) is 2.25. The summed E-state index contributed by atoms with van der Waals surface area (Å²) in [6, 6.07) is 14.1.